The number of nitrogens with one attached hydrogen (secondary N) is 1. The van der Waals surface area contributed by atoms with Crippen LogP contribution in [0.25, 0.3) is 0 Å². The highest BCUT2D eigenvalue weighted by atomic mass is 35.5. The summed E-state index contributed by atoms with van der Waals surface area (Å²) in [7, 11) is 1.81. The van der Waals surface area contributed by atoms with Gasteiger partial charge < -0.3 is 9.84 Å². The van der Waals surface area contributed by atoms with Crippen LogP contribution in [-0.4, -0.2) is 34.5 Å². The Hall–Kier alpha value is -1.92. The maximum Gasteiger partial charge on any atom is 0.240 e. The zero-order valence-electron chi connectivity index (χ0n) is 11.3. The molecule has 1 heterocycles. The van der Waals surface area contributed by atoms with Gasteiger partial charge in [0.2, 0.25) is 11.8 Å². The predicted molar refractivity (Wildman–Crippen MR) is 75.5 cm³/mol. The molecule has 0 unspecified atom stereocenters. The summed E-state index contributed by atoms with van der Waals surface area (Å²) < 4.78 is 5.00. The highest BCUT2D eigenvalue weighted by molar-refractivity contribution is 6.30. The van der Waals surface area contributed by atoms with Crippen molar-refractivity contribution < 1.29 is 9.32 Å². The highest BCUT2D eigenvalue weighted by Gasteiger charge is 2.11. The van der Waals surface area contributed by atoms with E-state index < -0.39 is 0 Å². The maximum atomic E-state index is 11.9. The number of carbonyl (C=O) groups is 1. The number of amides is 1. The molecule has 106 valence electrons. The fourth-order valence-electron chi connectivity index (χ4n) is 1.67. The third-order valence-electron chi connectivity index (χ3n) is 2.52. The number of halogens is 1. The second-order valence-electron chi connectivity index (χ2n) is 4.46. The fraction of sp³-hybridized carbons (Fsp3) is 0.308. The number of carbonyl (C=O) groups excluding carboxylic acids is 1. The third kappa shape index (κ3) is 4.32. The summed E-state index contributed by atoms with van der Waals surface area (Å²) in [5, 5.41) is 7.12. The SMILES string of the molecule is Cc1noc(CN(C)CC(=O)Nc2ccc(Cl)cc2)n1. The number of rotatable bonds is 5. The number of anilines is 1. The molecule has 0 aliphatic carbocycles. The Balaban J connectivity index is 1.83. The molecule has 0 aliphatic heterocycles. The molecule has 0 bridgehead atoms. The van der Waals surface area contributed by atoms with Crippen molar-refractivity contribution in [2.24, 2.45) is 0 Å². The van der Waals surface area contributed by atoms with Crippen LogP contribution in [0.2, 0.25) is 5.02 Å². The van der Waals surface area contributed by atoms with Crippen molar-refractivity contribution in [1.82, 2.24) is 15.0 Å². The van der Waals surface area contributed by atoms with Gasteiger partial charge in [-0.15, -0.1) is 0 Å². The first-order valence-corrected chi connectivity index (χ1v) is 6.44. The summed E-state index contributed by atoms with van der Waals surface area (Å²) in [6.07, 6.45) is 0. The molecule has 1 amide bonds. The second-order valence-corrected chi connectivity index (χ2v) is 4.90. The number of hydrogen-bond donors (Lipinski definition) is 1. The van der Waals surface area contributed by atoms with E-state index in [1.165, 1.54) is 0 Å². The van der Waals surface area contributed by atoms with Crippen LogP contribution in [0.1, 0.15) is 11.7 Å². The van der Waals surface area contributed by atoms with Gasteiger partial charge in [-0.2, -0.15) is 4.98 Å². The largest absolute Gasteiger partial charge is 0.338 e. The van der Waals surface area contributed by atoms with Crippen molar-refractivity contribution in [2.45, 2.75) is 13.5 Å². The van der Waals surface area contributed by atoms with Crippen molar-refractivity contribution in [3.63, 3.8) is 0 Å². The summed E-state index contributed by atoms with van der Waals surface area (Å²) in [5.41, 5.74) is 0.710. The molecule has 1 N–H and O–H groups in total. The first-order valence-electron chi connectivity index (χ1n) is 6.06. The standard InChI is InChI=1S/C13H15ClN4O2/c1-9-15-13(20-17-9)8-18(2)7-12(19)16-11-5-3-10(14)4-6-11/h3-6H,7-8H2,1-2H3,(H,16,19). The van der Waals surface area contributed by atoms with Crippen LogP contribution < -0.4 is 5.32 Å². The zero-order valence-corrected chi connectivity index (χ0v) is 12.0. The van der Waals surface area contributed by atoms with Gasteiger partial charge in [0.05, 0.1) is 13.1 Å². The van der Waals surface area contributed by atoms with Crippen molar-refractivity contribution in [3.8, 4) is 0 Å². The van der Waals surface area contributed by atoms with Gasteiger partial charge in [-0.1, -0.05) is 16.8 Å². The number of nitrogens with zero attached hydrogens (tertiary/aromatic N) is 3. The molecule has 0 atom stereocenters. The second kappa shape index (κ2) is 6.49. The molecule has 0 aliphatic rings. The quantitative estimate of drug-likeness (QED) is 0.914. The van der Waals surface area contributed by atoms with Crippen LogP contribution in [0.5, 0.6) is 0 Å². The van der Waals surface area contributed by atoms with Gasteiger partial charge >= 0.3 is 0 Å². The van der Waals surface area contributed by atoms with E-state index in [2.05, 4.69) is 15.5 Å². The molecule has 6 nitrogen and oxygen atoms in total. The molecule has 2 rings (SSSR count). The maximum absolute atomic E-state index is 11.9. The smallest absolute Gasteiger partial charge is 0.240 e. The lowest BCUT2D eigenvalue weighted by molar-refractivity contribution is -0.117. The van der Waals surface area contributed by atoms with Crippen molar-refractivity contribution in [3.05, 3.63) is 41.0 Å². The molecule has 0 fully saturated rings. The normalized spacial score (nSPS) is 10.8. The van der Waals surface area contributed by atoms with E-state index in [0.717, 1.165) is 0 Å². The minimum Gasteiger partial charge on any atom is -0.338 e. The van der Waals surface area contributed by atoms with Crippen molar-refractivity contribution >= 4 is 23.2 Å². The van der Waals surface area contributed by atoms with E-state index in [1.807, 2.05) is 0 Å². The topological polar surface area (TPSA) is 71.3 Å². The van der Waals surface area contributed by atoms with Crippen molar-refractivity contribution in [1.29, 1.82) is 0 Å². The van der Waals surface area contributed by atoms with E-state index in [4.69, 9.17) is 16.1 Å². The van der Waals surface area contributed by atoms with Gasteiger partial charge in [-0.05, 0) is 38.2 Å². The van der Waals surface area contributed by atoms with Gasteiger partial charge in [0.25, 0.3) is 0 Å². The molecule has 0 radical (unpaired) electrons. The van der Waals surface area contributed by atoms with Gasteiger partial charge in [0, 0.05) is 10.7 Å². The molecule has 1 aromatic carbocycles. The van der Waals surface area contributed by atoms with Crippen LogP contribution in [0.15, 0.2) is 28.8 Å². The number of hydrogen-bond acceptors (Lipinski definition) is 5. The summed E-state index contributed by atoms with van der Waals surface area (Å²) >= 11 is 5.78. The van der Waals surface area contributed by atoms with Gasteiger partial charge in [0.15, 0.2) is 5.82 Å². The summed E-state index contributed by atoms with van der Waals surface area (Å²) in [6.45, 7) is 2.40. The fourth-order valence-corrected chi connectivity index (χ4v) is 1.80. The number of aryl methyl sites for hydroxylation is 1. The molecular weight excluding hydrogens is 280 g/mol. The molecule has 2 aromatic rings. The Bertz CT molecular complexity index is 582. The first kappa shape index (κ1) is 14.5. The van der Waals surface area contributed by atoms with Crippen molar-refractivity contribution in [2.75, 3.05) is 18.9 Å². The number of likely N-dealkylation sites (N-methyl/N-ethyl adjacent to an activating group) is 1. The molecular formula is C13H15ClN4O2. The Morgan fingerprint density at radius 1 is 1.40 bits per heavy atom. The van der Waals surface area contributed by atoms with Gasteiger partial charge in [-0.25, -0.2) is 0 Å². The summed E-state index contributed by atoms with van der Waals surface area (Å²) in [6, 6.07) is 6.95. The van der Waals surface area contributed by atoms with E-state index in [0.29, 0.717) is 29.0 Å². The molecule has 7 heteroatoms. The molecule has 0 saturated carbocycles. The summed E-state index contributed by atoms with van der Waals surface area (Å²) in [5.74, 6) is 0.953. The van der Waals surface area contributed by atoms with Gasteiger partial charge in [-0.3, -0.25) is 9.69 Å². The lowest BCUT2D eigenvalue weighted by atomic mass is 10.3. The first-order chi connectivity index (χ1) is 9.52. The Morgan fingerprint density at radius 3 is 2.70 bits per heavy atom. The van der Waals surface area contributed by atoms with Crippen LogP contribution in [0.3, 0.4) is 0 Å². The predicted octanol–water partition coefficient (Wildman–Crippen LogP) is 2.10. The minimum atomic E-state index is -0.119. The summed E-state index contributed by atoms with van der Waals surface area (Å²) in [4.78, 5) is 17.7. The van der Waals surface area contributed by atoms with Crippen LogP contribution in [-0.2, 0) is 11.3 Å². The highest BCUT2D eigenvalue weighted by Crippen LogP contribution is 2.13. The average Bonchev–Trinajstić information content (AvgIpc) is 2.77. The molecule has 20 heavy (non-hydrogen) atoms. The van der Waals surface area contributed by atoms with E-state index in [-0.39, 0.29) is 12.5 Å². The monoisotopic (exact) mass is 294 g/mol. The lowest BCUT2D eigenvalue weighted by Crippen LogP contribution is -2.29. The minimum absolute atomic E-state index is 0.119. The van der Waals surface area contributed by atoms with Gasteiger partial charge in [0.1, 0.15) is 0 Å². The third-order valence-corrected chi connectivity index (χ3v) is 2.77. The van der Waals surface area contributed by atoms with E-state index in [1.54, 1.807) is 43.1 Å². The number of aromatic nitrogens is 2. The van der Waals surface area contributed by atoms with Crippen LogP contribution in [0.4, 0.5) is 5.69 Å². The Morgan fingerprint density at radius 2 is 2.10 bits per heavy atom. The van der Waals surface area contributed by atoms with E-state index >= 15 is 0 Å². The van der Waals surface area contributed by atoms with Crippen LogP contribution in [0, 0.1) is 6.92 Å². The average molecular weight is 295 g/mol. The molecule has 0 saturated heterocycles. The zero-order chi connectivity index (χ0) is 14.5. The number of benzene rings is 1. The van der Waals surface area contributed by atoms with Crippen LogP contribution >= 0.6 is 11.6 Å². The molecule has 1 aromatic heterocycles. The lowest BCUT2D eigenvalue weighted by Gasteiger charge is -2.13. The Kier molecular flexibility index (Phi) is 4.70. The molecule has 0 spiro atoms. The van der Waals surface area contributed by atoms with E-state index in [9.17, 15) is 4.79 Å². The Labute approximate surface area is 121 Å².